The molecule has 0 radical (unpaired) electrons. The number of allylic oxidation sites excluding steroid dienone is 1. The molecule has 0 atom stereocenters. The van der Waals surface area contributed by atoms with Crippen LogP contribution in [0.1, 0.15) is 38.2 Å². The van der Waals surface area contributed by atoms with E-state index in [4.69, 9.17) is 4.74 Å². The van der Waals surface area contributed by atoms with Crippen LogP contribution in [0.25, 0.3) is 6.08 Å². The summed E-state index contributed by atoms with van der Waals surface area (Å²) in [6, 6.07) is 9.31. The third kappa shape index (κ3) is 4.92. The number of hydrogen-bond donors (Lipinski definition) is 0. The fraction of sp³-hybridized carbons (Fsp3) is 0.200. The zero-order valence-corrected chi connectivity index (χ0v) is 16.4. The first kappa shape index (κ1) is 21.5. The Morgan fingerprint density at radius 1 is 1.34 bits per heavy atom. The topological polar surface area (TPSA) is 134 Å². The highest BCUT2D eigenvalue weighted by Crippen LogP contribution is 2.29. The number of benzene rings is 1. The summed E-state index contributed by atoms with van der Waals surface area (Å²) in [6.07, 6.45) is 1.01. The highest BCUT2D eigenvalue weighted by atomic mass is 32.1. The maximum Gasteiger partial charge on any atom is 0.348 e. The van der Waals surface area contributed by atoms with Gasteiger partial charge in [0.1, 0.15) is 17.0 Å². The molecular formula is C20H15N3O5S. The number of rotatable bonds is 7. The molecule has 1 heterocycles. The van der Waals surface area contributed by atoms with E-state index in [0.717, 1.165) is 11.3 Å². The summed E-state index contributed by atoms with van der Waals surface area (Å²) in [5, 5.41) is 29.6. The van der Waals surface area contributed by atoms with Crippen LogP contribution < -0.4 is 0 Å². The fourth-order valence-electron chi connectivity index (χ4n) is 2.55. The van der Waals surface area contributed by atoms with Gasteiger partial charge in [0.05, 0.1) is 22.7 Å². The van der Waals surface area contributed by atoms with E-state index in [0.29, 0.717) is 16.0 Å². The van der Waals surface area contributed by atoms with Crippen molar-refractivity contribution in [3.63, 3.8) is 0 Å². The van der Waals surface area contributed by atoms with Crippen LogP contribution >= 0.6 is 11.3 Å². The van der Waals surface area contributed by atoms with Crippen molar-refractivity contribution in [1.82, 2.24) is 0 Å². The van der Waals surface area contributed by atoms with Crippen molar-refractivity contribution < 1.29 is 19.2 Å². The van der Waals surface area contributed by atoms with E-state index in [1.165, 1.54) is 30.3 Å². The molecule has 9 heteroatoms. The number of nitro benzene ring substituents is 1. The van der Waals surface area contributed by atoms with Crippen molar-refractivity contribution in [2.24, 2.45) is 0 Å². The van der Waals surface area contributed by atoms with E-state index in [2.05, 4.69) is 0 Å². The first-order chi connectivity index (χ1) is 13.8. The second-order valence-electron chi connectivity index (χ2n) is 5.81. The summed E-state index contributed by atoms with van der Waals surface area (Å²) >= 11 is 0.984. The number of nitrogens with zero attached hydrogens (tertiary/aromatic N) is 3. The van der Waals surface area contributed by atoms with Gasteiger partial charge in [0.25, 0.3) is 5.69 Å². The summed E-state index contributed by atoms with van der Waals surface area (Å²) in [6.45, 7) is 3.44. The quantitative estimate of drug-likeness (QED) is 0.223. The van der Waals surface area contributed by atoms with Gasteiger partial charge in [-0.2, -0.15) is 10.5 Å². The molecule has 0 unspecified atom stereocenters. The second-order valence-corrected chi connectivity index (χ2v) is 6.91. The van der Waals surface area contributed by atoms with Gasteiger partial charge in [0.2, 0.25) is 0 Å². The number of carbonyl (C=O) groups is 2. The van der Waals surface area contributed by atoms with Gasteiger partial charge in [-0.15, -0.1) is 11.3 Å². The second kappa shape index (κ2) is 9.40. The molecule has 0 spiro atoms. The minimum Gasteiger partial charge on any atom is -0.462 e. The van der Waals surface area contributed by atoms with Crippen molar-refractivity contribution in [3.8, 4) is 12.1 Å². The lowest BCUT2D eigenvalue weighted by Gasteiger charge is -2.00. The van der Waals surface area contributed by atoms with Gasteiger partial charge >= 0.3 is 5.97 Å². The molecule has 0 bridgehead atoms. The van der Waals surface area contributed by atoms with Crippen LogP contribution in [0.5, 0.6) is 0 Å². The number of nitro groups is 1. The number of ketones is 1. The van der Waals surface area contributed by atoms with Crippen LogP contribution in [-0.2, 0) is 16.0 Å². The van der Waals surface area contributed by atoms with Gasteiger partial charge in [-0.1, -0.05) is 12.1 Å². The van der Waals surface area contributed by atoms with Crippen LogP contribution in [0.15, 0.2) is 29.8 Å². The van der Waals surface area contributed by atoms with Crippen LogP contribution in [0.2, 0.25) is 0 Å². The highest BCUT2D eigenvalue weighted by Gasteiger charge is 2.23. The van der Waals surface area contributed by atoms with Gasteiger partial charge in [-0.25, -0.2) is 4.79 Å². The maximum absolute atomic E-state index is 12.6. The minimum atomic E-state index is -0.574. The molecule has 1 aromatic heterocycles. The van der Waals surface area contributed by atoms with Crippen LogP contribution in [-0.4, -0.2) is 23.3 Å². The molecule has 0 aliphatic carbocycles. The summed E-state index contributed by atoms with van der Waals surface area (Å²) in [5.41, 5.74) is 0.597. The molecule has 0 amide bonds. The van der Waals surface area contributed by atoms with Crippen molar-refractivity contribution in [1.29, 1.82) is 10.5 Å². The van der Waals surface area contributed by atoms with E-state index < -0.39 is 16.7 Å². The molecule has 2 aromatic rings. The van der Waals surface area contributed by atoms with E-state index in [9.17, 15) is 30.2 Å². The average molecular weight is 409 g/mol. The molecule has 8 nitrogen and oxygen atoms in total. The number of hydrogen-bond acceptors (Lipinski definition) is 8. The molecule has 2 rings (SSSR count). The molecule has 0 aliphatic heterocycles. The normalized spacial score (nSPS) is 10.7. The van der Waals surface area contributed by atoms with Crippen LogP contribution in [0.3, 0.4) is 0 Å². The van der Waals surface area contributed by atoms with Crippen LogP contribution in [0.4, 0.5) is 5.69 Å². The lowest BCUT2D eigenvalue weighted by molar-refractivity contribution is -0.384. The van der Waals surface area contributed by atoms with Gasteiger partial charge in [0.15, 0.2) is 5.78 Å². The number of carbonyl (C=O) groups excluding carboxylic acids is 2. The van der Waals surface area contributed by atoms with E-state index >= 15 is 0 Å². The zero-order chi connectivity index (χ0) is 21.6. The van der Waals surface area contributed by atoms with E-state index in [1.807, 2.05) is 6.07 Å². The van der Waals surface area contributed by atoms with Gasteiger partial charge < -0.3 is 4.74 Å². The Hall–Kier alpha value is -3.82. The largest absolute Gasteiger partial charge is 0.462 e. The van der Waals surface area contributed by atoms with Crippen molar-refractivity contribution >= 4 is 34.9 Å². The summed E-state index contributed by atoms with van der Waals surface area (Å²) in [7, 11) is 0. The number of ether oxygens (including phenoxy) is 1. The summed E-state index contributed by atoms with van der Waals surface area (Å²) in [5.74, 6) is -1.13. The first-order valence-corrected chi connectivity index (χ1v) is 9.22. The smallest absolute Gasteiger partial charge is 0.348 e. The standard InChI is InChI=1S/C20H15N3O5S/c1-3-28-20(25)19-12(2)16(11-22)18(29-19)9-17(24)14(10-21)7-13-5-4-6-15(8-13)23(26)27/h4-8H,3,9H2,1-2H3/b14-7+. The SMILES string of the molecule is CCOC(=O)c1sc(CC(=O)/C(C#N)=C/c2cccc([N+](=O)[O-])c2)c(C#N)c1C. The summed E-state index contributed by atoms with van der Waals surface area (Å²) < 4.78 is 4.96. The molecule has 1 aromatic carbocycles. The maximum atomic E-state index is 12.6. The van der Waals surface area contributed by atoms with Crippen LogP contribution in [0, 0.1) is 39.7 Å². The Labute approximate surface area is 170 Å². The lowest BCUT2D eigenvalue weighted by Crippen LogP contribution is -2.05. The van der Waals surface area contributed by atoms with Gasteiger partial charge in [0, 0.05) is 23.4 Å². The summed E-state index contributed by atoms with van der Waals surface area (Å²) in [4.78, 5) is 35.5. The molecule has 0 saturated heterocycles. The lowest BCUT2D eigenvalue weighted by atomic mass is 10.0. The molecule has 146 valence electrons. The Bertz CT molecular complexity index is 1100. The number of nitriles is 2. The van der Waals surface area contributed by atoms with Crippen molar-refractivity contribution in [2.75, 3.05) is 6.61 Å². The third-order valence-electron chi connectivity index (χ3n) is 3.93. The molecule has 0 N–H and O–H groups in total. The number of Topliss-reactive ketones (excluding diaryl/α,β-unsaturated/α-hetero) is 1. The number of non-ortho nitro benzene ring substituents is 1. The van der Waals surface area contributed by atoms with E-state index in [-0.39, 0.29) is 34.7 Å². The Balaban J connectivity index is 2.35. The molecule has 0 saturated carbocycles. The Morgan fingerprint density at radius 3 is 2.66 bits per heavy atom. The zero-order valence-electron chi connectivity index (χ0n) is 15.6. The van der Waals surface area contributed by atoms with Crippen molar-refractivity contribution in [3.05, 3.63) is 66.4 Å². The Morgan fingerprint density at radius 2 is 2.07 bits per heavy atom. The molecule has 0 aliphatic rings. The van der Waals surface area contributed by atoms with Gasteiger partial charge in [-0.05, 0) is 31.1 Å². The molecule has 0 fully saturated rings. The van der Waals surface area contributed by atoms with Crippen molar-refractivity contribution in [2.45, 2.75) is 20.3 Å². The number of thiophene rings is 1. The first-order valence-electron chi connectivity index (χ1n) is 8.41. The predicted molar refractivity (Wildman–Crippen MR) is 105 cm³/mol. The monoisotopic (exact) mass is 409 g/mol. The molecular weight excluding hydrogens is 394 g/mol. The highest BCUT2D eigenvalue weighted by molar-refractivity contribution is 7.14. The van der Waals surface area contributed by atoms with E-state index in [1.54, 1.807) is 19.9 Å². The Kier molecular flexibility index (Phi) is 6.96. The number of esters is 1. The third-order valence-corrected chi connectivity index (χ3v) is 5.20. The fourth-order valence-corrected chi connectivity index (χ4v) is 3.69. The van der Waals surface area contributed by atoms with Gasteiger partial charge in [-0.3, -0.25) is 14.9 Å². The average Bonchev–Trinajstić information content (AvgIpc) is 3.01. The molecule has 29 heavy (non-hydrogen) atoms. The minimum absolute atomic E-state index is 0.164. The predicted octanol–water partition coefficient (Wildman–Crippen LogP) is 3.73.